The van der Waals surface area contributed by atoms with Crippen LogP contribution in [0.5, 0.6) is 0 Å². The van der Waals surface area contributed by atoms with Gasteiger partial charge in [0, 0.05) is 24.2 Å². The summed E-state index contributed by atoms with van der Waals surface area (Å²) in [5.74, 6) is 0.104. The van der Waals surface area contributed by atoms with E-state index in [1.807, 2.05) is 29.2 Å². The normalized spacial score (nSPS) is 23.6. The van der Waals surface area contributed by atoms with Gasteiger partial charge in [-0.3, -0.25) is 4.79 Å². The minimum atomic E-state index is -0.353. The van der Waals surface area contributed by atoms with Gasteiger partial charge < -0.3 is 15.0 Å². The first-order chi connectivity index (χ1) is 10.2. The van der Waals surface area contributed by atoms with Crippen molar-refractivity contribution in [3.05, 3.63) is 34.9 Å². The molecule has 0 aromatic heterocycles. The zero-order valence-electron chi connectivity index (χ0n) is 12.2. The minimum absolute atomic E-state index is 0.0489. The maximum absolute atomic E-state index is 12.8. The van der Waals surface area contributed by atoms with E-state index in [2.05, 4.69) is 12.2 Å². The summed E-state index contributed by atoms with van der Waals surface area (Å²) in [5, 5.41) is 3.94. The van der Waals surface area contributed by atoms with Gasteiger partial charge in [-0.25, -0.2) is 0 Å². The highest BCUT2D eigenvalue weighted by molar-refractivity contribution is 6.30. The Kier molecular flexibility index (Phi) is 4.48. The Morgan fingerprint density at radius 1 is 1.38 bits per heavy atom. The van der Waals surface area contributed by atoms with Gasteiger partial charge in [-0.2, -0.15) is 0 Å². The van der Waals surface area contributed by atoms with Crippen LogP contribution in [-0.4, -0.2) is 42.6 Å². The van der Waals surface area contributed by atoms with Crippen LogP contribution >= 0.6 is 11.6 Å². The Morgan fingerprint density at radius 3 is 2.67 bits per heavy atom. The molecular weight excluding hydrogens is 288 g/mol. The van der Waals surface area contributed by atoms with Gasteiger partial charge in [0.25, 0.3) is 5.91 Å². The molecule has 1 aromatic rings. The number of nitrogens with one attached hydrogen (secondary N) is 1. The zero-order valence-corrected chi connectivity index (χ0v) is 13.0. The summed E-state index contributed by atoms with van der Waals surface area (Å²) in [6.45, 7) is 4.11. The van der Waals surface area contributed by atoms with Crippen LogP contribution in [-0.2, 0) is 9.53 Å². The van der Waals surface area contributed by atoms with Crippen LogP contribution in [0.2, 0.25) is 5.02 Å². The summed E-state index contributed by atoms with van der Waals surface area (Å²) >= 11 is 5.95. The van der Waals surface area contributed by atoms with Gasteiger partial charge in [-0.1, -0.05) is 23.7 Å². The molecule has 2 unspecified atom stereocenters. The van der Waals surface area contributed by atoms with E-state index >= 15 is 0 Å². The van der Waals surface area contributed by atoms with Crippen molar-refractivity contribution in [3.8, 4) is 0 Å². The molecule has 3 rings (SSSR count). The van der Waals surface area contributed by atoms with Crippen molar-refractivity contribution >= 4 is 17.5 Å². The van der Waals surface area contributed by atoms with E-state index in [4.69, 9.17) is 16.3 Å². The maximum Gasteiger partial charge on any atom is 0.253 e. The number of halogens is 1. The second-order valence-electron chi connectivity index (χ2n) is 5.77. The number of hydrogen-bond donors (Lipinski definition) is 1. The Hall–Kier alpha value is -1.10. The van der Waals surface area contributed by atoms with Gasteiger partial charge in [-0.15, -0.1) is 0 Å². The Morgan fingerprint density at radius 2 is 2.10 bits per heavy atom. The summed E-state index contributed by atoms with van der Waals surface area (Å²) in [6, 6.07) is 8.15. The topological polar surface area (TPSA) is 41.6 Å². The molecule has 114 valence electrons. The first-order valence-electron chi connectivity index (χ1n) is 7.57. The summed E-state index contributed by atoms with van der Waals surface area (Å²) in [7, 11) is 0. The Labute approximate surface area is 130 Å². The molecule has 1 aromatic carbocycles. The molecule has 1 N–H and O–H groups in total. The zero-order chi connectivity index (χ0) is 14.8. The Balaban J connectivity index is 1.77. The minimum Gasteiger partial charge on any atom is -0.366 e. The molecular formula is C16H21ClN2O2. The fourth-order valence-electron chi connectivity index (χ4n) is 2.83. The molecule has 1 amide bonds. The van der Waals surface area contributed by atoms with Crippen LogP contribution in [0.1, 0.15) is 31.4 Å². The van der Waals surface area contributed by atoms with Crippen LogP contribution in [0.4, 0.5) is 0 Å². The standard InChI is InChI=1S/C16H21ClN2O2/c1-11(12-2-4-13(17)5-3-12)19(14-6-7-14)16(20)15-10-18-8-9-21-15/h2-5,11,14-15,18H,6-10H2,1H3. The average Bonchev–Trinajstić information content (AvgIpc) is 3.33. The Bertz CT molecular complexity index is 496. The fourth-order valence-corrected chi connectivity index (χ4v) is 2.96. The number of amides is 1. The summed E-state index contributed by atoms with van der Waals surface area (Å²) < 4.78 is 5.63. The number of nitrogens with zero attached hydrogens (tertiary/aromatic N) is 1. The quantitative estimate of drug-likeness (QED) is 0.928. The van der Waals surface area contributed by atoms with Crippen molar-refractivity contribution in [2.75, 3.05) is 19.7 Å². The molecule has 2 atom stereocenters. The smallest absolute Gasteiger partial charge is 0.253 e. The average molecular weight is 309 g/mol. The van der Waals surface area contributed by atoms with E-state index in [9.17, 15) is 4.79 Å². The highest BCUT2D eigenvalue weighted by Crippen LogP contribution is 2.35. The maximum atomic E-state index is 12.8. The highest BCUT2D eigenvalue weighted by Gasteiger charge is 2.39. The molecule has 1 aliphatic carbocycles. The largest absolute Gasteiger partial charge is 0.366 e. The monoisotopic (exact) mass is 308 g/mol. The lowest BCUT2D eigenvalue weighted by Crippen LogP contribution is -2.50. The molecule has 2 aliphatic rings. The molecule has 1 saturated carbocycles. The molecule has 5 heteroatoms. The van der Waals surface area contributed by atoms with E-state index in [1.54, 1.807) is 0 Å². The lowest BCUT2D eigenvalue weighted by Gasteiger charge is -2.34. The molecule has 0 bridgehead atoms. The number of benzene rings is 1. The van der Waals surface area contributed by atoms with Gasteiger partial charge >= 0.3 is 0 Å². The molecule has 0 spiro atoms. The fraction of sp³-hybridized carbons (Fsp3) is 0.562. The molecule has 0 radical (unpaired) electrons. The molecule has 1 aliphatic heterocycles. The highest BCUT2D eigenvalue weighted by atomic mass is 35.5. The predicted molar refractivity (Wildman–Crippen MR) is 82.3 cm³/mol. The number of hydrogen-bond acceptors (Lipinski definition) is 3. The second-order valence-corrected chi connectivity index (χ2v) is 6.20. The van der Waals surface area contributed by atoms with E-state index < -0.39 is 0 Å². The third-order valence-corrected chi connectivity index (χ3v) is 4.42. The van der Waals surface area contributed by atoms with Crippen molar-refractivity contribution < 1.29 is 9.53 Å². The number of ether oxygens (including phenoxy) is 1. The van der Waals surface area contributed by atoms with Crippen molar-refractivity contribution in [2.24, 2.45) is 0 Å². The van der Waals surface area contributed by atoms with Crippen LogP contribution in [0.3, 0.4) is 0 Å². The first kappa shape index (κ1) is 14.8. The SMILES string of the molecule is CC(c1ccc(Cl)cc1)N(C(=O)C1CNCCO1)C1CC1. The van der Waals surface area contributed by atoms with Crippen molar-refractivity contribution in [2.45, 2.75) is 38.0 Å². The molecule has 1 heterocycles. The molecule has 2 fully saturated rings. The third-order valence-electron chi connectivity index (χ3n) is 4.17. The van der Waals surface area contributed by atoms with Crippen LogP contribution < -0.4 is 5.32 Å². The molecule has 1 saturated heterocycles. The summed E-state index contributed by atoms with van der Waals surface area (Å²) in [4.78, 5) is 14.8. The van der Waals surface area contributed by atoms with Gasteiger partial charge in [-0.05, 0) is 37.5 Å². The van der Waals surface area contributed by atoms with Crippen LogP contribution in [0, 0.1) is 0 Å². The summed E-state index contributed by atoms with van der Waals surface area (Å²) in [6.07, 6.45) is 1.82. The van der Waals surface area contributed by atoms with Gasteiger partial charge in [0.1, 0.15) is 6.10 Å². The van der Waals surface area contributed by atoms with Crippen molar-refractivity contribution in [3.63, 3.8) is 0 Å². The van der Waals surface area contributed by atoms with Crippen LogP contribution in [0.25, 0.3) is 0 Å². The van der Waals surface area contributed by atoms with Gasteiger partial charge in [0.05, 0.1) is 12.6 Å². The van der Waals surface area contributed by atoms with Crippen molar-refractivity contribution in [1.29, 1.82) is 0 Å². The summed E-state index contributed by atoms with van der Waals surface area (Å²) in [5.41, 5.74) is 1.11. The third kappa shape index (κ3) is 3.39. The number of carbonyl (C=O) groups is 1. The second kappa shape index (κ2) is 6.34. The van der Waals surface area contributed by atoms with E-state index in [-0.39, 0.29) is 18.1 Å². The van der Waals surface area contributed by atoms with E-state index in [0.717, 1.165) is 30.0 Å². The van der Waals surface area contributed by atoms with Gasteiger partial charge in [0.15, 0.2) is 0 Å². The predicted octanol–water partition coefficient (Wildman–Crippen LogP) is 2.38. The number of carbonyl (C=O) groups excluding carboxylic acids is 1. The lowest BCUT2D eigenvalue weighted by atomic mass is 10.1. The van der Waals surface area contributed by atoms with E-state index in [0.29, 0.717) is 19.2 Å². The molecule has 4 nitrogen and oxygen atoms in total. The molecule has 21 heavy (non-hydrogen) atoms. The number of morpholine rings is 1. The van der Waals surface area contributed by atoms with E-state index in [1.165, 1.54) is 0 Å². The van der Waals surface area contributed by atoms with Crippen molar-refractivity contribution in [1.82, 2.24) is 10.2 Å². The van der Waals surface area contributed by atoms with Gasteiger partial charge in [0.2, 0.25) is 0 Å². The lowest BCUT2D eigenvalue weighted by molar-refractivity contribution is -0.148. The number of rotatable bonds is 4. The van der Waals surface area contributed by atoms with Crippen LogP contribution in [0.15, 0.2) is 24.3 Å². The first-order valence-corrected chi connectivity index (χ1v) is 7.94.